The number of ether oxygens (including phenoxy) is 1. The van der Waals surface area contributed by atoms with Gasteiger partial charge in [0.1, 0.15) is 11.8 Å². The highest BCUT2D eigenvalue weighted by Gasteiger charge is 2.26. The van der Waals surface area contributed by atoms with Crippen molar-refractivity contribution in [3.8, 4) is 5.75 Å². The number of nitrogens with one attached hydrogen (secondary N) is 1. The van der Waals surface area contributed by atoms with Gasteiger partial charge < -0.3 is 15.0 Å². The Morgan fingerprint density at radius 3 is 2.63 bits per heavy atom. The maximum Gasteiger partial charge on any atom is 0.261 e. The van der Waals surface area contributed by atoms with Gasteiger partial charge in [0.05, 0.1) is 0 Å². The van der Waals surface area contributed by atoms with Crippen LogP contribution in [0.3, 0.4) is 0 Å². The van der Waals surface area contributed by atoms with Crippen LogP contribution in [0.15, 0.2) is 53.0 Å². The van der Waals surface area contributed by atoms with Crippen LogP contribution >= 0.6 is 27.5 Å². The predicted molar refractivity (Wildman–Crippen MR) is 110 cm³/mol. The third-order valence-corrected chi connectivity index (χ3v) is 4.65. The minimum atomic E-state index is -0.626. The summed E-state index contributed by atoms with van der Waals surface area (Å²) in [6.07, 6.45) is 0. The van der Waals surface area contributed by atoms with Gasteiger partial charge in [0.15, 0.2) is 6.61 Å². The topological polar surface area (TPSA) is 58.6 Å². The Bertz CT molecular complexity index is 800. The lowest BCUT2D eigenvalue weighted by atomic mass is 10.1. The van der Waals surface area contributed by atoms with Gasteiger partial charge in [-0.1, -0.05) is 45.7 Å². The summed E-state index contributed by atoms with van der Waals surface area (Å²) >= 11 is 9.37. The van der Waals surface area contributed by atoms with E-state index in [0.29, 0.717) is 23.9 Å². The average Bonchev–Trinajstić information content (AvgIpc) is 2.64. The highest BCUT2D eigenvalue weighted by atomic mass is 79.9. The summed E-state index contributed by atoms with van der Waals surface area (Å²) in [7, 11) is 0. The predicted octanol–water partition coefficient (Wildman–Crippen LogP) is 4.03. The maximum absolute atomic E-state index is 12.8. The second kappa shape index (κ2) is 10.3. The molecule has 1 atom stereocenters. The van der Waals surface area contributed by atoms with E-state index in [1.54, 1.807) is 31.2 Å². The fourth-order valence-corrected chi connectivity index (χ4v) is 3.15. The highest BCUT2D eigenvalue weighted by molar-refractivity contribution is 9.10. The third kappa shape index (κ3) is 6.56. The molecule has 27 heavy (non-hydrogen) atoms. The monoisotopic (exact) mass is 452 g/mol. The van der Waals surface area contributed by atoms with Crippen LogP contribution in [0.25, 0.3) is 0 Å². The summed E-state index contributed by atoms with van der Waals surface area (Å²) in [5.74, 6) is 0.0150. The molecule has 0 saturated heterocycles. The zero-order valence-electron chi connectivity index (χ0n) is 15.2. The molecule has 0 saturated carbocycles. The van der Waals surface area contributed by atoms with Gasteiger partial charge in [-0.15, -0.1) is 0 Å². The van der Waals surface area contributed by atoms with Crippen LogP contribution in [0.2, 0.25) is 5.02 Å². The lowest BCUT2D eigenvalue weighted by Gasteiger charge is -2.28. The summed E-state index contributed by atoms with van der Waals surface area (Å²) in [5.41, 5.74) is 0.914. The van der Waals surface area contributed by atoms with Crippen molar-refractivity contribution in [1.82, 2.24) is 10.2 Å². The molecule has 2 amide bonds. The van der Waals surface area contributed by atoms with Crippen LogP contribution in [0.1, 0.15) is 19.4 Å². The van der Waals surface area contributed by atoms with Crippen LogP contribution in [0.5, 0.6) is 5.75 Å². The van der Waals surface area contributed by atoms with E-state index in [1.165, 1.54) is 4.90 Å². The summed E-state index contributed by atoms with van der Waals surface area (Å²) in [6, 6.07) is 13.8. The molecule has 1 N–H and O–H groups in total. The molecular formula is C20H22BrClN2O3. The fourth-order valence-electron chi connectivity index (χ4n) is 2.52. The molecular weight excluding hydrogens is 432 g/mol. The normalized spacial score (nSPS) is 11.6. The van der Waals surface area contributed by atoms with Crippen molar-refractivity contribution in [1.29, 1.82) is 0 Å². The van der Waals surface area contributed by atoms with Gasteiger partial charge in [0, 0.05) is 22.6 Å². The Labute approximate surface area is 172 Å². The van der Waals surface area contributed by atoms with Crippen LogP contribution in [-0.2, 0) is 16.1 Å². The first kappa shape index (κ1) is 21.3. The number of amides is 2. The van der Waals surface area contributed by atoms with Crippen molar-refractivity contribution in [2.75, 3.05) is 13.2 Å². The van der Waals surface area contributed by atoms with E-state index >= 15 is 0 Å². The van der Waals surface area contributed by atoms with Gasteiger partial charge in [0.2, 0.25) is 5.91 Å². The number of rotatable bonds is 8. The Kier molecular flexibility index (Phi) is 8.13. The van der Waals surface area contributed by atoms with Crippen LogP contribution in [-0.4, -0.2) is 35.9 Å². The quantitative estimate of drug-likeness (QED) is 0.656. The largest absolute Gasteiger partial charge is 0.484 e. The molecule has 0 heterocycles. The van der Waals surface area contributed by atoms with Crippen molar-refractivity contribution in [2.45, 2.75) is 26.4 Å². The Morgan fingerprint density at radius 2 is 1.96 bits per heavy atom. The van der Waals surface area contributed by atoms with E-state index in [4.69, 9.17) is 16.3 Å². The first-order valence-electron chi connectivity index (χ1n) is 8.60. The molecule has 144 valence electrons. The second-order valence-electron chi connectivity index (χ2n) is 5.97. The van der Waals surface area contributed by atoms with Crippen molar-refractivity contribution >= 4 is 39.3 Å². The number of benzene rings is 2. The molecule has 2 aromatic rings. The minimum Gasteiger partial charge on any atom is -0.484 e. The van der Waals surface area contributed by atoms with Gasteiger partial charge in [-0.2, -0.15) is 0 Å². The van der Waals surface area contributed by atoms with Gasteiger partial charge in [-0.05, 0) is 49.7 Å². The number of nitrogens with zero attached hydrogens (tertiary/aromatic N) is 1. The highest BCUT2D eigenvalue weighted by Crippen LogP contribution is 2.18. The first-order valence-corrected chi connectivity index (χ1v) is 9.77. The standard InChI is InChI=1S/C20H22BrClN2O3/c1-3-23-20(26)14(2)24(12-15-6-4-7-16(21)10-15)19(25)13-27-18-9-5-8-17(22)11-18/h4-11,14H,3,12-13H2,1-2H3,(H,23,26)/t14-/m1/s1. The fraction of sp³-hybridized carbons (Fsp3) is 0.300. The molecule has 0 radical (unpaired) electrons. The van der Waals surface area contributed by atoms with Crippen molar-refractivity contribution < 1.29 is 14.3 Å². The Morgan fingerprint density at radius 1 is 1.22 bits per heavy atom. The van der Waals surface area contributed by atoms with Crippen LogP contribution < -0.4 is 10.1 Å². The molecule has 0 unspecified atom stereocenters. The molecule has 0 aliphatic carbocycles. The minimum absolute atomic E-state index is 0.182. The zero-order valence-corrected chi connectivity index (χ0v) is 17.6. The molecule has 5 nitrogen and oxygen atoms in total. The van der Waals surface area contributed by atoms with E-state index in [0.717, 1.165) is 10.0 Å². The first-order chi connectivity index (χ1) is 12.9. The molecule has 7 heteroatoms. The number of carbonyl (C=O) groups excluding carboxylic acids is 2. The lowest BCUT2D eigenvalue weighted by molar-refractivity contribution is -0.142. The van der Waals surface area contributed by atoms with Gasteiger partial charge in [-0.25, -0.2) is 0 Å². The van der Waals surface area contributed by atoms with Crippen molar-refractivity contribution in [2.24, 2.45) is 0 Å². The number of hydrogen-bond donors (Lipinski definition) is 1. The smallest absolute Gasteiger partial charge is 0.261 e. The van der Waals surface area contributed by atoms with Crippen molar-refractivity contribution in [3.63, 3.8) is 0 Å². The second-order valence-corrected chi connectivity index (χ2v) is 7.32. The summed E-state index contributed by atoms with van der Waals surface area (Å²) < 4.78 is 6.47. The van der Waals surface area contributed by atoms with E-state index in [1.807, 2.05) is 31.2 Å². The molecule has 0 aliphatic heterocycles. The molecule has 2 rings (SSSR count). The molecule has 0 aliphatic rings. The summed E-state index contributed by atoms with van der Waals surface area (Å²) in [4.78, 5) is 26.6. The van der Waals surface area contributed by atoms with E-state index in [9.17, 15) is 9.59 Å². The van der Waals surface area contributed by atoms with Crippen LogP contribution in [0.4, 0.5) is 0 Å². The molecule has 0 spiro atoms. The van der Waals surface area contributed by atoms with E-state index in [-0.39, 0.29) is 18.4 Å². The molecule has 0 fully saturated rings. The molecule has 0 bridgehead atoms. The Hall–Kier alpha value is -2.05. The Balaban J connectivity index is 2.14. The van der Waals surface area contributed by atoms with Crippen LogP contribution in [0, 0.1) is 0 Å². The van der Waals surface area contributed by atoms with Gasteiger partial charge in [0.25, 0.3) is 5.91 Å². The molecule has 0 aromatic heterocycles. The number of halogens is 2. The summed E-state index contributed by atoms with van der Waals surface area (Å²) in [5, 5.41) is 3.29. The lowest BCUT2D eigenvalue weighted by Crippen LogP contribution is -2.49. The third-order valence-electron chi connectivity index (χ3n) is 3.92. The number of carbonyl (C=O) groups is 2. The van der Waals surface area contributed by atoms with Crippen molar-refractivity contribution in [3.05, 3.63) is 63.6 Å². The number of hydrogen-bond acceptors (Lipinski definition) is 3. The summed E-state index contributed by atoms with van der Waals surface area (Å²) in [6.45, 7) is 4.17. The van der Waals surface area contributed by atoms with E-state index in [2.05, 4.69) is 21.2 Å². The van der Waals surface area contributed by atoms with Gasteiger partial charge >= 0.3 is 0 Å². The SMILES string of the molecule is CCNC(=O)[C@@H](C)N(Cc1cccc(Br)c1)C(=O)COc1cccc(Cl)c1. The molecule has 2 aromatic carbocycles. The zero-order chi connectivity index (χ0) is 19.8. The van der Waals surface area contributed by atoms with Gasteiger partial charge in [-0.3, -0.25) is 9.59 Å². The van der Waals surface area contributed by atoms with E-state index < -0.39 is 6.04 Å². The average molecular weight is 454 g/mol. The maximum atomic E-state index is 12.8. The number of likely N-dealkylation sites (N-methyl/N-ethyl adjacent to an activating group) is 1.